The number of nitrogens with one attached hydrogen (secondary N) is 1. The second-order valence-corrected chi connectivity index (χ2v) is 6.37. The molecule has 2 aliphatic rings. The zero-order chi connectivity index (χ0) is 13.2. The zero-order valence-electron chi connectivity index (χ0n) is 12.2. The maximum absolute atomic E-state index is 13.0. The largest absolute Gasteiger partial charge is 0.339 e. The second-order valence-electron chi connectivity index (χ2n) is 6.37. The highest BCUT2D eigenvalue weighted by atomic mass is 16.2. The van der Waals surface area contributed by atoms with Crippen molar-refractivity contribution in [2.45, 2.75) is 58.9 Å². The van der Waals surface area contributed by atoms with E-state index >= 15 is 0 Å². The first kappa shape index (κ1) is 13.9. The molecule has 2 atom stereocenters. The summed E-state index contributed by atoms with van der Waals surface area (Å²) in [7, 11) is 0. The number of likely N-dealkylation sites (tertiary alicyclic amines) is 1. The number of carbonyl (C=O) groups excluding carboxylic acids is 1. The van der Waals surface area contributed by atoms with Gasteiger partial charge in [0.2, 0.25) is 5.91 Å². The summed E-state index contributed by atoms with van der Waals surface area (Å²) in [5.74, 6) is 1.10. The van der Waals surface area contributed by atoms with E-state index in [1.165, 1.54) is 12.8 Å². The summed E-state index contributed by atoms with van der Waals surface area (Å²) in [5, 5.41) is 3.38. The third-order valence-electron chi connectivity index (χ3n) is 5.07. The number of carbonyl (C=O) groups is 1. The fourth-order valence-corrected chi connectivity index (χ4v) is 3.50. The van der Waals surface area contributed by atoms with Gasteiger partial charge in [0, 0.05) is 12.6 Å². The van der Waals surface area contributed by atoms with Gasteiger partial charge in [0.25, 0.3) is 0 Å². The van der Waals surface area contributed by atoms with Gasteiger partial charge in [0.05, 0.1) is 5.41 Å². The molecule has 0 aromatic heterocycles. The normalized spacial score (nSPS) is 32.3. The van der Waals surface area contributed by atoms with Crippen LogP contribution in [0.3, 0.4) is 0 Å². The van der Waals surface area contributed by atoms with Crippen molar-refractivity contribution in [3.05, 3.63) is 0 Å². The molecule has 2 fully saturated rings. The van der Waals surface area contributed by atoms with Crippen LogP contribution in [0.15, 0.2) is 0 Å². The first-order chi connectivity index (χ1) is 8.59. The highest BCUT2D eigenvalue weighted by Gasteiger charge is 2.42. The molecule has 0 aliphatic carbocycles. The van der Waals surface area contributed by atoms with E-state index in [0.717, 1.165) is 38.9 Å². The molecule has 0 aromatic rings. The van der Waals surface area contributed by atoms with Crippen LogP contribution >= 0.6 is 0 Å². The summed E-state index contributed by atoms with van der Waals surface area (Å²) in [4.78, 5) is 15.1. The lowest BCUT2D eigenvalue weighted by atomic mass is 9.74. The highest BCUT2D eigenvalue weighted by Crippen LogP contribution is 2.37. The molecule has 1 N–H and O–H groups in total. The van der Waals surface area contributed by atoms with Gasteiger partial charge in [0.1, 0.15) is 0 Å². The molecule has 0 aromatic carbocycles. The third kappa shape index (κ3) is 2.56. The molecule has 18 heavy (non-hydrogen) atoms. The molecule has 104 valence electrons. The molecule has 2 saturated heterocycles. The molecule has 0 saturated carbocycles. The van der Waals surface area contributed by atoms with Gasteiger partial charge in [-0.1, -0.05) is 13.8 Å². The van der Waals surface area contributed by atoms with Crippen LogP contribution in [0.1, 0.15) is 52.9 Å². The summed E-state index contributed by atoms with van der Waals surface area (Å²) in [6.45, 7) is 9.63. The number of rotatable bonds is 2. The van der Waals surface area contributed by atoms with Crippen molar-refractivity contribution >= 4 is 5.91 Å². The Bertz CT molecular complexity index is 297. The first-order valence-electron chi connectivity index (χ1n) is 7.61. The van der Waals surface area contributed by atoms with Gasteiger partial charge >= 0.3 is 0 Å². The summed E-state index contributed by atoms with van der Waals surface area (Å²) < 4.78 is 0. The van der Waals surface area contributed by atoms with Crippen LogP contribution in [0.2, 0.25) is 0 Å². The van der Waals surface area contributed by atoms with Gasteiger partial charge in [-0.05, 0) is 58.0 Å². The quantitative estimate of drug-likeness (QED) is 0.818. The van der Waals surface area contributed by atoms with E-state index in [-0.39, 0.29) is 5.41 Å². The lowest BCUT2D eigenvalue weighted by molar-refractivity contribution is -0.148. The van der Waals surface area contributed by atoms with E-state index in [9.17, 15) is 4.79 Å². The number of hydrogen-bond acceptors (Lipinski definition) is 2. The maximum atomic E-state index is 13.0. The van der Waals surface area contributed by atoms with Crippen LogP contribution in [0.25, 0.3) is 0 Å². The fraction of sp³-hybridized carbons (Fsp3) is 0.933. The molecule has 2 aliphatic heterocycles. The van der Waals surface area contributed by atoms with Gasteiger partial charge < -0.3 is 10.2 Å². The topological polar surface area (TPSA) is 32.3 Å². The fourth-order valence-electron chi connectivity index (χ4n) is 3.50. The van der Waals surface area contributed by atoms with Gasteiger partial charge in [-0.3, -0.25) is 4.79 Å². The van der Waals surface area contributed by atoms with Crippen molar-refractivity contribution in [1.82, 2.24) is 10.2 Å². The molecule has 1 amide bonds. The van der Waals surface area contributed by atoms with E-state index in [1.807, 2.05) is 0 Å². The average molecular weight is 252 g/mol. The molecule has 2 unspecified atom stereocenters. The van der Waals surface area contributed by atoms with E-state index in [0.29, 0.717) is 17.9 Å². The number of amides is 1. The van der Waals surface area contributed by atoms with E-state index in [4.69, 9.17) is 0 Å². The molecule has 2 rings (SSSR count). The second kappa shape index (κ2) is 5.60. The van der Waals surface area contributed by atoms with Crippen molar-refractivity contribution < 1.29 is 4.79 Å². The Hall–Kier alpha value is -0.570. The van der Waals surface area contributed by atoms with Crippen molar-refractivity contribution in [1.29, 1.82) is 0 Å². The molecular weight excluding hydrogens is 224 g/mol. The van der Waals surface area contributed by atoms with Gasteiger partial charge in [-0.2, -0.15) is 0 Å². The van der Waals surface area contributed by atoms with Crippen molar-refractivity contribution in [3.8, 4) is 0 Å². The van der Waals surface area contributed by atoms with Crippen molar-refractivity contribution in [2.24, 2.45) is 11.3 Å². The lowest BCUT2D eigenvalue weighted by Gasteiger charge is -2.44. The molecule has 0 spiro atoms. The first-order valence-corrected chi connectivity index (χ1v) is 7.61. The highest BCUT2D eigenvalue weighted by molar-refractivity contribution is 5.83. The summed E-state index contributed by atoms with van der Waals surface area (Å²) in [5.41, 5.74) is -0.0728. The third-order valence-corrected chi connectivity index (χ3v) is 5.07. The maximum Gasteiger partial charge on any atom is 0.229 e. The van der Waals surface area contributed by atoms with Gasteiger partial charge in [-0.15, -0.1) is 0 Å². The molecule has 3 nitrogen and oxygen atoms in total. The van der Waals surface area contributed by atoms with Crippen molar-refractivity contribution in [3.63, 3.8) is 0 Å². The predicted molar refractivity (Wildman–Crippen MR) is 74.4 cm³/mol. The standard InChI is InChI=1S/C15H28N2O/c1-4-15(7-9-16-10-8-15)14(18)17-11-12(2)5-6-13(17)3/h12-13,16H,4-11H2,1-3H3. The molecular formula is C15H28N2O. The van der Waals surface area contributed by atoms with E-state index in [2.05, 4.69) is 31.0 Å². The Morgan fingerprint density at radius 1 is 1.28 bits per heavy atom. The van der Waals surface area contributed by atoms with Crippen LogP contribution < -0.4 is 5.32 Å². The lowest BCUT2D eigenvalue weighted by Crippen LogP contribution is -2.54. The van der Waals surface area contributed by atoms with Crippen LogP contribution in [0, 0.1) is 11.3 Å². The Kier molecular flexibility index (Phi) is 4.31. The Morgan fingerprint density at radius 2 is 1.94 bits per heavy atom. The Balaban J connectivity index is 2.12. The van der Waals surface area contributed by atoms with Crippen molar-refractivity contribution in [2.75, 3.05) is 19.6 Å². The van der Waals surface area contributed by atoms with Crippen LogP contribution in [-0.2, 0) is 4.79 Å². The van der Waals surface area contributed by atoms with Crippen LogP contribution in [0.5, 0.6) is 0 Å². The van der Waals surface area contributed by atoms with Crippen LogP contribution in [0.4, 0.5) is 0 Å². The SMILES string of the molecule is CCC1(C(=O)N2CC(C)CCC2C)CCNCC1. The molecule has 3 heteroatoms. The minimum atomic E-state index is -0.0728. The summed E-state index contributed by atoms with van der Waals surface area (Å²) in [6, 6.07) is 0.437. The smallest absolute Gasteiger partial charge is 0.229 e. The zero-order valence-corrected chi connectivity index (χ0v) is 12.2. The number of nitrogens with zero attached hydrogens (tertiary/aromatic N) is 1. The molecule has 2 heterocycles. The van der Waals surface area contributed by atoms with Crippen LogP contribution in [-0.4, -0.2) is 36.5 Å². The minimum Gasteiger partial charge on any atom is -0.339 e. The monoisotopic (exact) mass is 252 g/mol. The number of piperidine rings is 2. The van der Waals surface area contributed by atoms with E-state index < -0.39 is 0 Å². The Labute approximate surface area is 111 Å². The predicted octanol–water partition coefficient (Wildman–Crippen LogP) is 2.41. The summed E-state index contributed by atoms with van der Waals surface area (Å²) in [6.07, 6.45) is 5.46. The van der Waals surface area contributed by atoms with Gasteiger partial charge in [0.15, 0.2) is 0 Å². The molecule has 0 radical (unpaired) electrons. The Morgan fingerprint density at radius 3 is 2.56 bits per heavy atom. The average Bonchev–Trinajstić information content (AvgIpc) is 2.41. The summed E-state index contributed by atoms with van der Waals surface area (Å²) >= 11 is 0. The van der Waals surface area contributed by atoms with Gasteiger partial charge in [-0.25, -0.2) is 0 Å². The minimum absolute atomic E-state index is 0.0728. The molecule has 0 bridgehead atoms. The van der Waals surface area contributed by atoms with E-state index in [1.54, 1.807) is 0 Å². The number of hydrogen-bond donors (Lipinski definition) is 1.